The Morgan fingerprint density at radius 1 is 1.35 bits per heavy atom. The van der Waals surface area contributed by atoms with E-state index in [0.29, 0.717) is 5.02 Å². The summed E-state index contributed by atoms with van der Waals surface area (Å²) in [5.74, 6) is 0.773. The van der Waals surface area contributed by atoms with E-state index in [1.54, 1.807) is 6.20 Å². The van der Waals surface area contributed by atoms with Gasteiger partial charge in [0.25, 0.3) is 0 Å². The molecular formula is C13H12BrClN2. The summed E-state index contributed by atoms with van der Waals surface area (Å²) in [6, 6.07) is 10.0. The van der Waals surface area contributed by atoms with Crippen LogP contribution in [0.4, 0.5) is 11.5 Å². The second-order valence-corrected chi connectivity index (χ2v) is 4.91. The summed E-state index contributed by atoms with van der Waals surface area (Å²) in [6.45, 7) is 2.13. The molecule has 0 radical (unpaired) electrons. The van der Waals surface area contributed by atoms with Crippen LogP contribution in [0, 0.1) is 0 Å². The third kappa shape index (κ3) is 2.99. The van der Waals surface area contributed by atoms with Crippen LogP contribution in [0.3, 0.4) is 0 Å². The van der Waals surface area contributed by atoms with Crippen molar-refractivity contribution < 1.29 is 0 Å². The van der Waals surface area contributed by atoms with Gasteiger partial charge < -0.3 is 5.32 Å². The maximum Gasteiger partial charge on any atom is 0.144 e. The van der Waals surface area contributed by atoms with E-state index < -0.39 is 0 Å². The highest BCUT2D eigenvalue weighted by atomic mass is 79.9. The molecule has 4 heteroatoms. The molecule has 0 bridgehead atoms. The smallest absolute Gasteiger partial charge is 0.144 e. The van der Waals surface area contributed by atoms with Crippen LogP contribution in [-0.4, -0.2) is 4.98 Å². The number of rotatable bonds is 3. The Balaban J connectivity index is 2.31. The summed E-state index contributed by atoms with van der Waals surface area (Å²) < 4.78 is 0.857. The van der Waals surface area contributed by atoms with E-state index in [1.807, 2.05) is 24.3 Å². The number of pyridine rings is 1. The molecule has 2 rings (SSSR count). The number of anilines is 2. The molecule has 0 aliphatic rings. The molecule has 1 N–H and O–H groups in total. The fourth-order valence-corrected chi connectivity index (χ4v) is 2.32. The van der Waals surface area contributed by atoms with Crippen LogP contribution < -0.4 is 5.32 Å². The minimum atomic E-state index is 0.617. The van der Waals surface area contributed by atoms with Crippen LogP contribution in [0.1, 0.15) is 12.5 Å². The van der Waals surface area contributed by atoms with Gasteiger partial charge in [0.1, 0.15) is 5.82 Å². The molecule has 2 nitrogen and oxygen atoms in total. The quantitative estimate of drug-likeness (QED) is 0.880. The Morgan fingerprint density at radius 3 is 2.82 bits per heavy atom. The van der Waals surface area contributed by atoms with Crippen molar-refractivity contribution in [3.05, 3.63) is 51.6 Å². The normalized spacial score (nSPS) is 10.3. The Labute approximate surface area is 114 Å². The molecule has 0 aliphatic carbocycles. The molecule has 0 saturated heterocycles. The SMILES string of the molecule is CCc1ccccc1Nc1ncc(Cl)cc1Br. The zero-order chi connectivity index (χ0) is 12.3. The summed E-state index contributed by atoms with van der Waals surface area (Å²) in [5, 5.41) is 3.92. The summed E-state index contributed by atoms with van der Waals surface area (Å²) in [5.41, 5.74) is 2.33. The highest BCUT2D eigenvalue weighted by Crippen LogP contribution is 2.27. The van der Waals surface area contributed by atoms with Gasteiger partial charge in [0.15, 0.2) is 0 Å². The summed E-state index contributed by atoms with van der Waals surface area (Å²) >= 11 is 9.30. The number of nitrogens with one attached hydrogen (secondary N) is 1. The third-order valence-electron chi connectivity index (χ3n) is 2.46. The molecular weight excluding hydrogens is 300 g/mol. The first-order chi connectivity index (χ1) is 8.20. The fourth-order valence-electron chi connectivity index (χ4n) is 1.58. The lowest BCUT2D eigenvalue weighted by Crippen LogP contribution is -1.97. The van der Waals surface area contributed by atoms with E-state index in [0.717, 1.165) is 22.4 Å². The second-order valence-electron chi connectivity index (χ2n) is 3.62. The van der Waals surface area contributed by atoms with Crippen molar-refractivity contribution in [1.29, 1.82) is 0 Å². The van der Waals surface area contributed by atoms with E-state index in [-0.39, 0.29) is 0 Å². The molecule has 0 saturated carbocycles. The number of aromatic nitrogens is 1. The number of aryl methyl sites for hydroxylation is 1. The van der Waals surface area contributed by atoms with Crippen molar-refractivity contribution >= 4 is 39.0 Å². The highest BCUT2D eigenvalue weighted by Gasteiger charge is 2.05. The van der Waals surface area contributed by atoms with Crippen molar-refractivity contribution in [2.24, 2.45) is 0 Å². The molecule has 0 atom stereocenters. The minimum absolute atomic E-state index is 0.617. The van der Waals surface area contributed by atoms with Gasteiger partial charge in [-0.05, 0) is 40.0 Å². The molecule has 88 valence electrons. The maximum atomic E-state index is 5.86. The van der Waals surface area contributed by atoms with E-state index in [9.17, 15) is 0 Å². The lowest BCUT2D eigenvalue weighted by molar-refractivity contribution is 1.14. The first kappa shape index (κ1) is 12.4. The average molecular weight is 312 g/mol. The Hall–Kier alpha value is -1.06. The standard InChI is InChI=1S/C13H12BrClN2/c1-2-9-5-3-4-6-12(9)17-13-11(14)7-10(15)8-16-13/h3-8H,2H2,1H3,(H,16,17). The van der Waals surface area contributed by atoms with Gasteiger partial charge in [-0.2, -0.15) is 0 Å². The van der Waals surface area contributed by atoms with Gasteiger partial charge >= 0.3 is 0 Å². The number of benzene rings is 1. The van der Waals surface area contributed by atoms with Gasteiger partial charge in [-0.15, -0.1) is 0 Å². The molecule has 0 unspecified atom stereocenters. The summed E-state index contributed by atoms with van der Waals surface area (Å²) in [6.07, 6.45) is 2.61. The predicted molar refractivity (Wildman–Crippen MR) is 76.0 cm³/mol. The summed E-state index contributed by atoms with van der Waals surface area (Å²) in [7, 11) is 0. The third-order valence-corrected chi connectivity index (χ3v) is 3.27. The molecule has 0 amide bonds. The number of halogens is 2. The predicted octanol–water partition coefficient (Wildman–Crippen LogP) is 4.80. The highest BCUT2D eigenvalue weighted by molar-refractivity contribution is 9.10. The van der Waals surface area contributed by atoms with Gasteiger partial charge in [0.2, 0.25) is 0 Å². The van der Waals surface area contributed by atoms with Crippen LogP contribution in [0.2, 0.25) is 5.02 Å². The molecule has 0 spiro atoms. The first-order valence-corrected chi connectivity index (χ1v) is 6.53. The van der Waals surface area contributed by atoms with E-state index >= 15 is 0 Å². The monoisotopic (exact) mass is 310 g/mol. The molecule has 1 aromatic heterocycles. The van der Waals surface area contributed by atoms with Crippen molar-refractivity contribution in [1.82, 2.24) is 4.98 Å². The minimum Gasteiger partial charge on any atom is -0.339 e. The molecule has 2 aromatic rings. The largest absolute Gasteiger partial charge is 0.339 e. The lowest BCUT2D eigenvalue weighted by atomic mass is 10.1. The van der Waals surface area contributed by atoms with E-state index in [1.165, 1.54) is 5.56 Å². The zero-order valence-electron chi connectivity index (χ0n) is 9.37. The maximum absolute atomic E-state index is 5.86. The molecule has 17 heavy (non-hydrogen) atoms. The van der Waals surface area contributed by atoms with Gasteiger partial charge in [0, 0.05) is 11.9 Å². The van der Waals surface area contributed by atoms with Gasteiger partial charge in [-0.3, -0.25) is 0 Å². The molecule has 1 aromatic carbocycles. The lowest BCUT2D eigenvalue weighted by Gasteiger charge is -2.11. The fraction of sp³-hybridized carbons (Fsp3) is 0.154. The van der Waals surface area contributed by atoms with Crippen LogP contribution in [-0.2, 0) is 6.42 Å². The topological polar surface area (TPSA) is 24.9 Å². The van der Waals surface area contributed by atoms with Crippen molar-refractivity contribution in [2.45, 2.75) is 13.3 Å². The number of hydrogen-bond acceptors (Lipinski definition) is 2. The van der Waals surface area contributed by atoms with Gasteiger partial charge in [-0.25, -0.2) is 4.98 Å². The number of nitrogens with zero attached hydrogens (tertiary/aromatic N) is 1. The Morgan fingerprint density at radius 2 is 2.12 bits per heavy atom. The number of para-hydroxylation sites is 1. The van der Waals surface area contributed by atoms with Gasteiger partial charge in [0.05, 0.1) is 9.50 Å². The van der Waals surface area contributed by atoms with Crippen LogP contribution in [0.15, 0.2) is 41.0 Å². The van der Waals surface area contributed by atoms with Crippen LogP contribution in [0.5, 0.6) is 0 Å². The van der Waals surface area contributed by atoms with Crippen molar-refractivity contribution in [3.8, 4) is 0 Å². The van der Waals surface area contributed by atoms with E-state index in [4.69, 9.17) is 11.6 Å². The first-order valence-electron chi connectivity index (χ1n) is 5.36. The second kappa shape index (κ2) is 5.52. The van der Waals surface area contributed by atoms with Crippen LogP contribution >= 0.6 is 27.5 Å². The molecule has 0 aliphatic heterocycles. The molecule has 0 fully saturated rings. The Bertz CT molecular complexity index is 529. The van der Waals surface area contributed by atoms with Crippen LogP contribution in [0.25, 0.3) is 0 Å². The summed E-state index contributed by atoms with van der Waals surface area (Å²) in [4.78, 5) is 4.26. The average Bonchev–Trinajstić information content (AvgIpc) is 2.33. The van der Waals surface area contributed by atoms with E-state index in [2.05, 4.69) is 39.2 Å². The van der Waals surface area contributed by atoms with Crippen molar-refractivity contribution in [3.63, 3.8) is 0 Å². The van der Waals surface area contributed by atoms with Crippen molar-refractivity contribution in [2.75, 3.05) is 5.32 Å². The molecule has 1 heterocycles. The van der Waals surface area contributed by atoms with Gasteiger partial charge in [-0.1, -0.05) is 36.7 Å². The Kier molecular flexibility index (Phi) is 4.02. The zero-order valence-corrected chi connectivity index (χ0v) is 11.7. The number of hydrogen-bond donors (Lipinski definition) is 1.